The summed E-state index contributed by atoms with van der Waals surface area (Å²) in [6, 6.07) is 15.1. The number of carbonyl (C=O) groups excluding carboxylic acids is 3. The molecule has 1 N–H and O–H groups in total. The van der Waals surface area contributed by atoms with Crippen LogP contribution in [-0.4, -0.2) is 53.7 Å². The first-order chi connectivity index (χ1) is 17.4. The number of amides is 2. The smallest absolute Gasteiger partial charge is 0.257 e. The maximum absolute atomic E-state index is 13.5. The number of piperazine rings is 1. The van der Waals surface area contributed by atoms with Gasteiger partial charge in [0.05, 0.1) is 11.6 Å². The van der Waals surface area contributed by atoms with Gasteiger partial charge in [0, 0.05) is 47.9 Å². The molecule has 0 spiro atoms. The Bertz CT molecular complexity index is 1280. The van der Waals surface area contributed by atoms with Crippen LogP contribution in [0.15, 0.2) is 48.5 Å². The minimum absolute atomic E-state index is 0.0590. The van der Waals surface area contributed by atoms with Crippen molar-refractivity contribution in [1.82, 2.24) is 9.88 Å². The van der Waals surface area contributed by atoms with Gasteiger partial charge < -0.3 is 9.80 Å². The number of hydrogen-bond acceptors (Lipinski definition) is 6. The number of carbonyl (C=O) groups is 3. The lowest BCUT2D eigenvalue weighted by Gasteiger charge is -2.38. The highest BCUT2D eigenvalue weighted by Crippen LogP contribution is 2.38. The fraction of sp³-hybridized carbons (Fsp3) is 0.357. The molecule has 2 aliphatic rings. The molecule has 1 unspecified atom stereocenters. The molecular formula is C28H30N4O3S. The van der Waals surface area contributed by atoms with Gasteiger partial charge in [-0.3, -0.25) is 19.7 Å². The molecule has 2 aromatic carbocycles. The molecule has 1 fully saturated rings. The number of rotatable bonds is 5. The van der Waals surface area contributed by atoms with E-state index in [0.717, 1.165) is 54.2 Å². The van der Waals surface area contributed by atoms with Gasteiger partial charge in [-0.15, -0.1) is 11.3 Å². The standard InChI is InChI=1S/C28H30N4O3S/c1-18-6-8-21(9-7-18)26(34)30-28-29-25-23(4-3-5-24(25)36-28)27(35)32-16-14-31(15-17-32)22-12-10-20(11-13-22)19(2)33/h6-13,23H,3-5,14-17H2,1-2H3,(H,29,30,34). The van der Waals surface area contributed by atoms with E-state index in [0.29, 0.717) is 29.3 Å². The highest BCUT2D eigenvalue weighted by atomic mass is 32.1. The van der Waals surface area contributed by atoms with Gasteiger partial charge in [0.15, 0.2) is 10.9 Å². The van der Waals surface area contributed by atoms with Gasteiger partial charge in [-0.1, -0.05) is 17.7 Å². The quantitative estimate of drug-likeness (QED) is 0.513. The zero-order valence-electron chi connectivity index (χ0n) is 20.6. The summed E-state index contributed by atoms with van der Waals surface area (Å²) in [5.74, 6) is -0.249. The first kappa shape index (κ1) is 24.2. The van der Waals surface area contributed by atoms with Crippen LogP contribution in [0, 0.1) is 6.92 Å². The predicted octanol–water partition coefficient (Wildman–Crippen LogP) is 4.68. The third-order valence-electron chi connectivity index (χ3n) is 7.02. The molecular weight excluding hydrogens is 472 g/mol. The topological polar surface area (TPSA) is 82.6 Å². The number of nitrogens with zero attached hydrogens (tertiary/aromatic N) is 3. The Kier molecular flexibility index (Phi) is 6.87. The molecule has 36 heavy (non-hydrogen) atoms. The van der Waals surface area contributed by atoms with Crippen LogP contribution < -0.4 is 10.2 Å². The average Bonchev–Trinajstić information content (AvgIpc) is 3.31. The van der Waals surface area contributed by atoms with Crippen LogP contribution in [0.25, 0.3) is 0 Å². The van der Waals surface area contributed by atoms with Crippen molar-refractivity contribution >= 4 is 39.8 Å². The zero-order valence-corrected chi connectivity index (χ0v) is 21.4. The van der Waals surface area contributed by atoms with Crippen molar-refractivity contribution in [2.24, 2.45) is 0 Å². The fourth-order valence-electron chi connectivity index (χ4n) is 4.90. The summed E-state index contributed by atoms with van der Waals surface area (Å²) in [6.07, 6.45) is 2.62. The van der Waals surface area contributed by atoms with Gasteiger partial charge >= 0.3 is 0 Å². The average molecular weight is 503 g/mol. The molecule has 8 heteroatoms. The van der Waals surface area contributed by atoms with Crippen molar-refractivity contribution in [1.29, 1.82) is 0 Å². The number of aromatic nitrogens is 1. The minimum atomic E-state index is -0.253. The van der Waals surface area contributed by atoms with E-state index in [9.17, 15) is 14.4 Å². The number of fused-ring (bicyclic) bond motifs is 1. The summed E-state index contributed by atoms with van der Waals surface area (Å²) in [4.78, 5) is 47.7. The van der Waals surface area contributed by atoms with Crippen molar-refractivity contribution in [3.8, 4) is 0 Å². The van der Waals surface area contributed by atoms with Crippen molar-refractivity contribution in [2.75, 3.05) is 36.4 Å². The molecule has 5 rings (SSSR count). The second-order valence-corrected chi connectivity index (χ2v) is 10.6. The van der Waals surface area contributed by atoms with Crippen molar-refractivity contribution in [3.05, 3.63) is 75.8 Å². The number of Topliss-reactive ketones (excluding diaryl/α,β-unsaturated/α-hetero) is 1. The second kappa shape index (κ2) is 10.2. The third kappa shape index (κ3) is 5.04. The van der Waals surface area contributed by atoms with Gasteiger partial charge in [-0.25, -0.2) is 4.98 Å². The molecule has 2 amide bonds. The number of hydrogen-bond donors (Lipinski definition) is 1. The fourth-order valence-corrected chi connectivity index (χ4v) is 5.96. The van der Waals surface area contributed by atoms with Crippen LogP contribution in [0.2, 0.25) is 0 Å². The monoisotopic (exact) mass is 502 g/mol. The maximum Gasteiger partial charge on any atom is 0.257 e. The first-order valence-corrected chi connectivity index (χ1v) is 13.2. The number of ketones is 1. The van der Waals surface area contributed by atoms with Crippen molar-refractivity contribution < 1.29 is 14.4 Å². The maximum atomic E-state index is 13.5. The summed E-state index contributed by atoms with van der Waals surface area (Å²) in [6.45, 7) is 6.36. The number of aryl methyl sites for hydroxylation is 2. The molecule has 186 valence electrons. The summed E-state index contributed by atoms with van der Waals surface area (Å²) in [5.41, 5.74) is 4.30. The second-order valence-electron chi connectivity index (χ2n) is 9.51. The third-order valence-corrected chi connectivity index (χ3v) is 8.06. The zero-order chi connectivity index (χ0) is 25.2. The van der Waals surface area contributed by atoms with Crippen LogP contribution in [0.5, 0.6) is 0 Å². The van der Waals surface area contributed by atoms with Crippen LogP contribution >= 0.6 is 11.3 Å². The molecule has 7 nitrogen and oxygen atoms in total. The Labute approximate surface area is 215 Å². The molecule has 0 radical (unpaired) electrons. The molecule has 1 aliphatic heterocycles. The number of benzene rings is 2. The highest BCUT2D eigenvalue weighted by Gasteiger charge is 2.34. The SMILES string of the molecule is CC(=O)c1ccc(N2CCN(C(=O)C3CCCc4sc(NC(=O)c5ccc(C)cc5)nc43)CC2)cc1. The van der Waals surface area contributed by atoms with Crippen molar-refractivity contribution in [2.45, 2.75) is 39.0 Å². The summed E-state index contributed by atoms with van der Waals surface area (Å²) in [7, 11) is 0. The van der Waals surface area contributed by atoms with E-state index in [1.165, 1.54) is 11.3 Å². The lowest BCUT2D eigenvalue weighted by Crippen LogP contribution is -2.50. The first-order valence-electron chi connectivity index (χ1n) is 12.4. The normalized spacial score (nSPS) is 17.4. The Morgan fingerprint density at radius 3 is 2.28 bits per heavy atom. The van der Waals surface area contributed by atoms with Gasteiger partial charge in [0.25, 0.3) is 5.91 Å². The number of thiazole rings is 1. The molecule has 0 bridgehead atoms. The number of nitrogens with one attached hydrogen (secondary N) is 1. The lowest BCUT2D eigenvalue weighted by atomic mass is 9.89. The Hall–Kier alpha value is -3.52. The molecule has 0 saturated carbocycles. The number of anilines is 2. The van der Waals surface area contributed by atoms with Crippen LogP contribution in [0.1, 0.15) is 62.5 Å². The van der Waals surface area contributed by atoms with Crippen LogP contribution in [0.4, 0.5) is 10.8 Å². The van der Waals surface area contributed by atoms with Gasteiger partial charge in [-0.05, 0) is 69.5 Å². The molecule has 1 aliphatic carbocycles. The van der Waals surface area contributed by atoms with Gasteiger partial charge in [0.1, 0.15) is 0 Å². The highest BCUT2D eigenvalue weighted by molar-refractivity contribution is 7.16. The van der Waals surface area contributed by atoms with E-state index in [1.54, 1.807) is 6.92 Å². The molecule has 2 heterocycles. The predicted molar refractivity (Wildman–Crippen MR) is 142 cm³/mol. The minimum Gasteiger partial charge on any atom is -0.368 e. The molecule has 3 aromatic rings. The van der Waals surface area contributed by atoms with E-state index in [-0.39, 0.29) is 23.5 Å². The van der Waals surface area contributed by atoms with Crippen LogP contribution in [-0.2, 0) is 11.2 Å². The Morgan fingerprint density at radius 1 is 0.944 bits per heavy atom. The molecule has 1 aromatic heterocycles. The summed E-state index contributed by atoms with van der Waals surface area (Å²) >= 11 is 1.48. The van der Waals surface area contributed by atoms with E-state index >= 15 is 0 Å². The van der Waals surface area contributed by atoms with Crippen molar-refractivity contribution in [3.63, 3.8) is 0 Å². The lowest BCUT2D eigenvalue weighted by molar-refractivity contribution is -0.133. The van der Waals surface area contributed by atoms with E-state index < -0.39 is 0 Å². The summed E-state index contributed by atoms with van der Waals surface area (Å²) in [5, 5.41) is 3.48. The largest absolute Gasteiger partial charge is 0.368 e. The Balaban J connectivity index is 1.23. The molecule has 1 saturated heterocycles. The molecule has 1 atom stereocenters. The van der Waals surface area contributed by atoms with E-state index in [4.69, 9.17) is 4.98 Å². The van der Waals surface area contributed by atoms with Gasteiger partial charge in [0.2, 0.25) is 5.91 Å². The summed E-state index contributed by atoms with van der Waals surface area (Å²) < 4.78 is 0. The van der Waals surface area contributed by atoms with Crippen LogP contribution in [0.3, 0.4) is 0 Å². The van der Waals surface area contributed by atoms with E-state index in [2.05, 4.69) is 10.2 Å². The van der Waals surface area contributed by atoms with E-state index in [1.807, 2.05) is 60.4 Å². The van der Waals surface area contributed by atoms with Gasteiger partial charge in [-0.2, -0.15) is 0 Å². The Morgan fingerprint density at radius 2 is 1.61 bits per heavy atom.